The third-order valence-corrected chi connectivity index (χ3v) is 8.62. The van der Waals surface area contributed by atoms with Crippen molar-refractivity contribution < 1.29 is 23.8 Å². The standard InChI is InChI=1S/C28H21Cl2N3O5S2/c1-3-11-37-19-6-4-5-16(12-19)23-22(24(34)21-10-7-15(2)38-21)25(35)26(36)33(23)27-31-32-28(40-27)39-14-17-8-9-18(29)13-20(17)30/h3-10,12-13,23,35H,1,11,14H2,2H3. The lowest BCUT2D eigenvalue weighted by Crippen LogP contribution is -2.31. The number of thioether (sulfide) groups is 1. The Morgan fingerprint density at radius 1 is 1.23 bits per heavy atom. The molecular weight excluding hydrogens is 593 g/mol. The minimum atomic E-state index is -1.01. The fourth-order valence-corrected chi connectivity index (χ4v) is 6.53. The van der Waals surface area contributed by atoms with E-state index in [1.807, 2.05) is 6.07 Å². The van der Waals surface area contributed by atoms with Crippen LogP contribution in [0.3, 0.4) is 0 Å². The predicted octanol–water partition coefficient (Wildman–Crippen LogP) is 7.39. The van der Waals surface area contributed by atoms with Crippen LogP contribution in [-0.2, 0) is 10.5 Å². The highest BCUT2D eigenvalue weighted by Gasteiger charge is 2.46. The number of benzene rings is 2. The zero-order valence-corrected chi connectivity index (χ0v) is 24.1. The van der Waals surface area contributed by atoms with Gasteiger partial charge in [0.25, 0.3) is 5.91 Å². The molecular formula is C28H21Cl2N3O5S2. The summed E-state index contributed by atoms with van der Waals surface area (Å²) in [6, 6.07) is 14.3. The first-order chi connectivity index (χ1) is 19.3. The van der Waals surface area contributed by atoms with Crippen LogP contribution in [0.5, 0.6) is 5.75 Å². The number of carbonyl (C=O) groups excluding carboxylic acids is 2. The second kappa shape index (κ2) is 11.9. The van der Waals surface area contributed by atoms with Crippen LogP contribution in [0.4, 0.5) is 5.13 Å². The Kier molecular flexibility index (Phi) is 8.32. The summed E-state index contributed by atoms with van der Waals surface area (Å²) < 4.78 is 11.8. The van der Waals surface area contributed by atoms with Crippen molar-refractivity contribution in [2.24, 2.45) is 0 Å². The van der Waals surface area contributed by atoms with E-state index in [0.29, 0.717) is 37.2 Å². The topological polar surface area (TPSA) is 106 Å². The van der Waals surface area contributed by atoms with E-state index in [0.717, 1.165) is 16.9 Å². The van der Waals surface area contributed by atoms with Gasteiger partial charge in [-0.15, -0.1) is 10.2 Å². The van der Waals surface area contributed by atoms with Gasteiger partial charge in [-0.3, -0.25) is 14.5 Å². The van der Waals surface area contributed by atoms with Gasteiger partial charge in [-0.2, -0.15) is 0 Å². The zero-order valence-electron chi connectivity index (χ0n) is 21.0. The van der Waals surface area contributed by atoms with Crippen LogP contribution in [0.1, 0.15) is 33.5 Å². The number of hydrogen-bond donors (Lipinski definition) is 1. The molecule has 0 aliphatic carbocycles. The summed E-state index contributed by atoms with van der Waals surface area (Å²) in [4.78, 5) is 28.3. The quantitative estimate of drug-likeness (QED) is 0.0854. The SMILES string of the molecule is C=CCOc1cccc(C2C(C(=O)c3ccc(C)o3)=C(O)C(=O)N2c2nnc(SCc3ccc(Cl)cc3Cl)s2)c1. The van der Waals surface area contributed by atoms with Crippen molar-refractivity contribution in [3.63, 3.8) is 0 Å². The number of halogens is 2. The predicted molar refractivity (Wildman–Crippen MR) is 156 cm³/mol. The molecule has 40 heavy (non-hydrogen) atoms. The monoisotopic (exact) mass is 613 g/mol. The molecule has 1 unspecified atom stereocenters. The molecule has 5 rings (SSSR count). The van der Waals surface area contributed by atoms with Gasteiger partial charge < -0.3 is 14.3 Å². The van der Waals surface area contributed by atoms with Crippen LogP contribution >= 0.6 is 46.3 Å². The number of amides is 1. The van der Waals surface area contributed by atoms with Gasteiger partial charge in [-0.05, 0) is 54.4 Å². The van der Waals surface area contributed by atoms with Gasteiger partial charge in [0.15, 0.2) is 15.9 Å². The van der Waals surface area contributed by atoms with Crippen molar-refractivity contribution in [3.8, 4) is 5.75 Å². The highest BCUT2D eigenvalue weighted by Crippen LogP contribution is 2.44. The Bertz CT molecular complexity index is 1650. The summed E-state index contributed by atoms with van der Waals surface area (Å²) in [5.41, 5.74) is 1.26. The van der Waals surface area contributed by atoms with E-state index >= 15 is 0 Å². The summed E-state index contributed by atoms with van der Waals surface area (Å²) in [6.45, 7) is 5.63. The van der Waals surface area contributed by atoms with Crippen molar-refractivity contribution >= 4 is 63.1 Å². The number of aliphatic hydroxyl groups excluding tert-OH is 1. The number of furan rings is 1. The van der Waals surface area contributed by atoms with Gasteiger partial charge in [-0.1, -0.05) is 77.2 Å². The maximum absolute atomic E-state index is 13.6. The highest BCUT2D eigenvalue weighted by atomic mass is 35.5. The fourth-order valence-electron chi connectivity index (χ4n) is 4.11. The number of nitrogens with zero attached hydrogens (tertiary/aromatic N) is 3. The molecule has 0 spiro atoms. The van der Waals surface area contributed by atoms with E-state index in [-0.39, 0.29) is 23.1 Å². The minimum absolute atomic E-state index is 0.00566. The molecule has 1 amide bonds. The van der Waals surface area contributed by atoms with E-state index in [1.54, 1.807) is 55.5 Å². The van der Waals surface area contributed by atoms with E-state index in [4.69, 9.17) is 32.4 Å². The molecule has 0 saturated heterocycles. The molecule has 1 atom stereocenters. The van der Waals surface area contributed by atoms with Crippen molar-refractivity contribution in [1.82, 2.24) is 10.2 Å². The molecule has 0 bridgehead atoms. The lowest BCUT2D eigenvalue weighted by atomic mass is 9.95. The third kappa shape index (κ3) is 5.66. The zero-order chi connectivity index (χ0) is 28.4. The smallest absolute Gasteiger partial charge is 0.296 e. The normalized spacial score (nSPS) is 15.1. The van der Waals surface area contributed by atoms with Crippen LogP contribution in [0.25, 0.3) is 0 Å². The Balaban J connectivity index is 1.50. The summed E-state index contributed by atoms with van der Waals surface area (Å²) in [5.74, 6) is -0.541. The number of rotatable bonds is 10. The molecule has 0 fully saturated rings. The average molecular weight is 615 g/mol. The van der Waals surface area contributed by atoms with Crippen LogP contribution in [0.15, 0.2) is 87.3 Å². The first-order valence-electron chi connectivity index (χ1n) is 11.9. The first kappa shape index (κ1) is 28.0. The molecule has 2 aromatic heterocycles. The Labute approximate surface area is 247 Å². The number of aryl methyl sites for hydroxylation is 1. The molecule has 4 aromatic rings. The molecule has 0 radical (unpaired) electrons. The van der Waals surface area contributed by atoms with Crippen LogP contribution in [0, 0.1) is 6.92 Å². The Morgan fingerprint density at radius 3 is 2.77 bits per heavy atom. The van der Waals surface area contributed by atoms with Gasteiger partial charge in [0.1, 0.15) is 18.1 Å². The average Bonchev–Trinajstić information content (AvgIpc) is 3.65. The molecule has 204 valence electrons. The summed E-state index contributed by atoms with van der Waals surface area (Å²) in [5, 5.41) is 20.7. The largest absolute Gasteiger partial charge is 0.503 e. The van der Waals surface area contributed by atoms with Crippen molar-refractivity contribution in [2.75, 3.05) is 11.5 Å². The lowest BCUT2D eigenvalue weighted by molar-refractivity contribution is -0.117. The summed E-state index contributed by atoms with van der Waals surface area (Å²) in [7, 11) is 0. The van der Waals surface area contributed by atoms with Crippen LogP contribution in [0.2, 0.25) is 10.0 Å². The van der Waals surface area contributed by atoms with Gasteiger partial charge in [0.2, 0.25) is 10.9 Å². The second-order valence-electron chi connectivity index (χ2n) is 8.63. The number of aliphatic hydroxyl groups is 1. The fraction of sp³-hybridized carbons (Fsp3) is 0.143. The van der Waals surface area contributed by atoms with E-state index in [1.165, 1.54) is 22.7 Å². The highest BCUT2D eigenvalue weighted by molar-refractivity contribution is 8.00. The van der Waals surface area contributed by atoms with E-state index in [2.05, 4.69) is 16.8 Å². The molecule has 12 heteroatoms. The number of aromatic nitrogens is 2. The van der Waals surface area contributed by atoms with Crippen molar-refractivity contribution in [1.29, 1.82) is 0 Å². The van der Waals surface area contributed by atoms with Crippen molar-refractivity contribution in [3.05, 3.63) is 111 Å². The van der Waals surface area contributed by atoms with Crippen molar-refractivity contribution in [2.45, 2.75) is 23.1 Å². The van der Waals surface area contributed by atoms with Crippen LogP contribution < -0.4 is 9.64 Å². The number of anilines is 1. The minimum Gasteiger partial charge on any atom is -0.503 e. The summed E-state index contributed by atoms with van der Waals surface area (Å²) >= 11 is 14.8. The third-order valence-electron chi connectivity index (χ3n) is 5.93. The second-order valence-corrected chi connectivity index (χ2v) is 11.6. The Morgan fingerprint density at radius 2 is 2.05 bits per heavy atom. The number of ketones is 1. The van der Waals surface area contributed by atoms with Crippen LogP contribution in [-0.4, -0.2) is 33.6 Å². The number of ether oxygens (including phenoxy) is 1. The Hall–Kier alpha value is -3.57. The number of Topliss-reactive ketones (excluding diaryl/α,β-unsaturated/α-hetero) is 1. The van der Waals surface area contributed by atoms with Gasteiger partial charge in [0, 0.05) is 15.8 Å². The molecule has 1 N–H and O–H groups in total. The molecule has 1 aliphatic rings. The van der Waals surface area contributed by atoms with Gasteiger partial charge >= 0.3 is 0 Å². The maximum atomic E-state index is 13.6. The molecule has 2 aromatic carbocycles. The lowest BCUT2D eigenvalue weighted by Gasteiger charge is -2.24. The molecule has 0 saturated carbocycles. The first-order valence-corrected chi connectivity index (χ1v) is 14.4. The molecule has 8 nitrogen and oxygen atoms in total. The number of carbonyl (C=O) groups is 2. The van der Waals surface area contributed by atoms with Gasteiger partial charge in [0.05, 0.1) is 11.6 Å². The molecule has 3 heterocycles. The molecule has 1 aliphatic heterocycles. The van der Waals surface area contributed by atoms with E-state index in [9.17, 15) is 14.7 Å². The van der Waals surface area contributed by atoms with Gasteiger partial charge in [-0.25, -0.2) is 0 Å². The summed E-state index contributed by atoms with van der Waals surface area (Å²) in [6.07, 6.45) is 1.61. The van der Waals surface area contributed by atoms with E-state index < -0.39 is 23.5 Å². The number of hydrogen-bond acceptors (Lipinski definition) is 9. The maximum Gasteiger partial charge on any atom is 0.296 e.